The summed E-state index contributed by atoms with van der Waals surface area (Å²) < 4.78 is 41.0. The van der Waals surface area contributed by atoms with Gasteiger partial charge in [-0.1, -0.05) is 36.4 Å². The number of rotatable bonds is 3. The third-order valence-corrected chi connectivity index (χ3v) is 3.52. The average Bonchev–Trinajstić information content (AvgIpc) is 2.54. The van der Waals surface area contributed by atoms with E-state index in [9.17, 15) is 13.2 Å². The molecule has 0 atom stereocenters. The van der Waals surface area contributed by atoms with Gasteiger partial charge >= 0.3 is 6.30 Å². The number of aromatic nitrogens is 1. The molecule has 1 heterocycles. The number of nitrogens with two attached hydrogens (primary N) is 1. The molecule has 3 nitrogen and oxygen atoms in total. The molecule has 0 aliphatic carbocycles. The average molecular weight is 317 g/mol. The Morgan fingerprint density at radius 3 is 2.35 bits per heavy atom. The van der Waals surface area contributed by atoms with Crippen molar-refractivity contribution in [3.63, 3.8) is 0 Å². The minimum atomic E-state index is -4.61. The number of alkyl halides is 3. The molecule has 0 spiro atoms. The number of nitrogens with zero attached hydrogens (tertiary/aromatic N) is 2. The Bertz CT molecular complexity index is 830. The van der Waals surface area contributed by atoms with E-state index in [1.165, 1.54) is 12.1 Å². The van der Waals surface area contributed by atoms with Crippen molar-refractivity contribution >= 4 is 22.4 Å². The SMILES string of the molecule is NCc1ccccc1N(c1ccc2ccccc2n1)C(F)(F)F. The minimum absolute atomic E-state index is 0.00900. The molecular formula is C17H14F3N3. The number of fused-ring (bicyclic) bond motifs is 1. The second-order valence-electron chi connectivity index (χ2n) is 5.00. The topological polar surface area (TPSA) is 42.1 Å². The van der Waals surface area contributed by atoms with Crippen LogP contribution < -0.4 is 10.6 Å². The Morgan fingerprint density at radius 1 is 0.913 bits per heavy atom. The summed E-state index contributed by atoms with van der Waals surface area (Å²) in [5, 5.41) is 0.783. The molecule has 0 aliphatic heterocycles. The summed E-state index contributed by atoms with van der Waals surface area (Å²) >= 11 is 0. The molecule has 0 unspecified atom stereocenters. The highest BCUT2D eigenvalue weighted by atomic mass is 19.4. The van der Waals surface area contributed by atoms with Crippen LogP contribution in [0.1, 0.15) is 5.56 Å². The molecule has 0 bridgehead atoms. The number of anilines is 2. The van der Waals surface area contributed by atoms with Crippen molar-refractivity contribution < 1.29 is 13.2 Å². The van der Waals surface area contributed by atoms with Gasteiger partial charge in [0.15, 0.2) is 0 Å². The van der Waals surface area contributed by atoms with Gasteiger partial charge in [-0.05, 0) is 29.8 Å². The molecule has 0 amide bonds. The van der Waals surface area contributed by atoms with E-state index in [2.05, 4.69) is 4.98 Å². The molecule has 3 rings (SSSR count). The van der Waals surface area contributed by atoms with Crippen LogP contribution in [0.5, 0.6) is 0 Å². The molecule has 6 heteroatoms. The summed E-state index contributed by atoms with van der Waals surface area (Å²) in [7, 11) is 0. The molecular weight excluding hydrogens is 303 g/mol. The van der Waals surface area contributed by atoms with Crippen LogP contribution in [0.2, 0.25) is 0 Å². The fourth-order valence-electron chi connectivity index (χ4n) is 2.47. The van der Waals surface area contributed by atoms with Crippen LogP contribution in [0.15, 0.2) is 60.7 Å². The summed E-state index contributed by atoms with van der Waals surface area (Å²) in [6.45, 7) is 0.0103. The van der Waals surface area contributed by atoms with Crippen molar-refractivity contribution in [2.24, 2.45) is 5.73 Å². The standard InChI is InChI=1S/C17H14F3N3/c18-17(19,20)23(15-8-4-2-6-13(15)11-21)16-10-9-12-5-1-3-7-14(12)22-16/h1-10H,11,21H2. The zero-order chi connectivity index (χ0) is 16.4. The van der Waals surface area contributed by atoms with Crippen molar-refractivity contribution in [1.29, 1.82) is 0 Å². The van der Waals surface area contributed by atoms with E-state index in [1.54, 1.807) is 42.5 Å². The van der Waals surface area contributed by atoms with Crippen LogP contribution in [0.25, 0.3) is 10.9 Å². The first-order valence-corrected chi connectivity index (χ1v) is 7.01. The number of benzene rings is 2. The van der Waals surface area contributed by atoms with E-state index >= 15 is 0 Å². The van der Waals surface area contributed by atoms with Crippen LogP contribution in [-0.2, 0) is 6.54 Å². The zero-order valence-corrected chi connectivity index (χ0v) is 12.1. The summed E-state index contributed by atoms with van der Waals surface area (Å²) in [6, 6.07) is 16.2. The smallest absolute Gasteiger partial charge is 0.326 e. The molecule has 23 heavy (non-hydrogen) atoms. The fourth-order valence-corrected chi connectivity index (χ4v) is 2.47. The van der Waals surface area contributed by atoms with Crippen LogP contribution in [0.3, 0.4) is 0 Å². The largest absolute Gasteiger partial charge is 0.490 e. The van der Waals surface area contributed by atoms with E-state index < -0.39 is 6.30 Å². The Hall–Kier alpha value is -2.60. The predicted octanol–water partition coefficient (Wildman–Crippen LogP) is 4.35. The van der Waals surface area contributed by atoms with Crippen LogP contribution in [0.4, 0.5) is 24.7 Å². The van der Waals surface area contributed by atoms with Gasteiger partial charge in [0.1, 0.15) is 5.82 Å². The summed E-state index contributed by atoms with van der Waals surface area (Å²) in [5.41, 5.74) is 6.48. The molecule has 2 aromatic carbocycles. The lowest BCUT2D eigenvalue weighted by Gasteiger charge is -2.28. The Morgan fingerprint density at radius 2 is 1.61 bits per heavy atom. The number of para-hydroxylation sites is 2. The molecule has 1 aromatic heterocycles. The molecule has 3 aromatic rings. The van der Waals surface area contributed by atoms with Crippen molar-refractivity contribution in [3.8, 4) is 0 Å². The van der Waals surface area contributed by atoms with Crippen LogP contribution >= 0.6 is 0 Å². The van der Waals surface area contributed by atoms with E-state index in [-0.39, 0.29) is 22.9 Å². The van der Waals surface area contributed by atoms with E-state index in [4.69, 9.17) is 5.73 Å². The first-order valence-electron chi connectivity index (χ1n) is 7.01. The van der Waals surface area contributed by atoms with Crippen molar-refractivity contribution in [2.75, 3.05) is 4.90 Å². The van der Waals surface area contributed by atoms with Gasteiger partial charge in [-0.15, -0.1) is 13.2 Å². The van der Waals surface area contributed by atoms with Crippen LogP contribution in [-0.4, -0.2) is 11.3 Å². The maximum atomic E-state index is 13.7. The Balaban J connectivity index is 2.19. The number of hydrogen-bond donors (Lipinski definition) is 1. The Kier molecular flexibility index (Phi) is 3.92. The van der Waals surface area contributed by atoms with Crippen LogP contribution in [0, 0.1) is 0 Å². The van der Waals surface area contributed by atoms with E-state index in [0.717, 1.165) is 5.39 Å². The Labute approximate surface area is 131 Å². The number of hydrogen-bond acceptors (Lipinski definition) is 3. The molecule has 0 saturated heterocycles. The molecule has 0 saturated carbocycles. The van der Waals surface area contributed by atoms with Crippen molar-refractivity contribution in [2.45, 2.75) is 12.8 Å². The van der Waals surface area contributed by atoms with Gasteiger partial charge in [0.25, 0.3) is 0 Å². The molecule has 0 aliphatic rings. The highest BCUT2D eigenvalue weighted by Crippen LogP contribution is 2.37. The van der Waals surface area contributed by atoms with Gasteiger partial charge in [0.05, 0.1) is 11.2 Å². The monoisotopic (exact) mass is 317 g/mol. The normalized spacial score (nSPS) is 11.7. The second-order valence-corrected chi connectivity index (χ2v) is 5.00. The second kappa shape index (κ2) is 5.89. The third-order valence-electron chi connectivity index (χ3n) is 3.52. The predicted molar refractivity (Wildman–Crippen MR) is 84.3 cm³/mol. The summed E-state index contributed by atoms with van der Waals surface area (Å²) in [5.74, 6) is -0.183. The zero-order valence-electron chi connectivity index (χ0n) is 12.1. The molecule has 0 radical (unpaired) electrons. The van der Waals surface area contributed by atoms with Gasteiger partial charge in [0, 0.05) is 11.9 Å². The summed E-state index contributed by atoms with van der Waals surface area (Å²) in [6.07, 6.45) is -4.61. The van der Waals surface area contributed by atoms with Gasteiger partial charge in [-0.2, -0.15) is 0 Å². The first-order chi connectivity index (χ1) is 11.0. The number of halogens is 3. The highest BCUT2D eigenvalue weighted by molar-refractivity contribution is 5.81. The van der Waals surface area contributed by atoms with Crippen molar-refractivity contribution in [3.05, 3.63) is 66.2 Å². The number of pyridine rings is 1. The molecule has 118 valence electrons. The van der Waals surface area contributed by atoms with Gasteiger partial charge in [-0.25, -0.2) is 9.88 Å². The maximum absolute atomic E-state index is 13.7. The quantitative estimate of drug-likeness (QED) is 0.730. The molecule has 0 fully saturated rings. The van der Waals surface area contributed by atoms with E-state index in [1.807, 2.05) is 6.07 Å². The first kappa shape index (κ1) is 15.3. The van der Waals surface area contributed by atoms with E-state index in [0.29, 0.717) is 11.1 Å². The fraction of sp³-hybridized carbons (Fsp3) is 0.118. The third kappa shape index (κ3) is 2.98. The molecule has 2 N–H and O–H groups in total. The van der Waals surface area contributed by atoms with Crippen molar-refractivity contribution in [1.82, 2.24) is 4.98 Å². The van der Waals surface area contributed by atoms with Gasteiger partial charge in [0.2, 0.25) is 0 Å². The maximum Gasteiger partial charge on any atom is 0.490 e. The van der Waals surface area contributed by atoms with Gasteiger partial charge in [-0.3, -0.25) is 0 Å². The summed E-state index contributed by atoms with van der Waals surface area (Å²) in [4.78, 5) is 4.42. The lowest BCUT2D eigenvalue weighted by atomic mass is 10.1. The van der Waals surface area contributed by atoms with Gasteiger partial charge < -0.3 is 5.73 Å². The lowest BCUT2D eigenvalue weighted by molar-refractivity contribution is -0.121. The highest BCUT2D eigenvalue weighted by Gasteiger charge is 2.40. The lowest BCUT2D eigenvalue weighted by Crippen LogP contribution is -2.35. The minimum Gasteiger partial charge on any atom is -0.326 e.